The van der Waals surface area contributed by atoms with Crippen molar-refractivity contribution in [2.24, 2.45) is 0 Å². The van der Waals surface area contributed by atoms with E-state index in [1.54, 1.807) is 30.3 Å². The number of alkyl halides is 3. The first-order valence-electron chi connectivity index (χ1n) is 7.69. The molecule has 1 heterocycles. The van der Waals surface area contributed by atoms with Gasteiger partial charge in [-0.2, -0.15) is 13.2 Å². The predicted octanol–water partition coefficient (Wildman–Crippen LogP) is 6.28. The Kier molecular flexibility index (Phi) is 5.60. The van der Waals surface area contributed by atoms with Crippen LogP contribution in [0.3, 0.4) is 0 Å². The number of para-hydroxylation sites is 1. The Labute approximate surface area is 163 Å². The van der Waals surface area contributed by atoms with Gasteiger partial charge >= 0.3 is 6.18 Å². The number of benzene rings is 2. The Hall–Kier alpha value is -2.28. The second-order valence-corrected chi connectivity index (χ2v) is 6.43. The quantitative estimate of drug-likeness (QED) is 0.546. The average molecular weight is 414 g/mol. The second-order valence-electron chi connectivity index (χ2n) is 5.59. The van der Waals surface area contributed by atoms with Gasteiger partial charge in [-0.25, -0.2) is 0 Å². The topological polar surface area (TPSA) is 42.4 Å². The first-order valence-corrected chi connectivity index (χ1v) is 8.44. The van der Waals surface area contributed by atoms with Crippen LogP contribution in [0.4, 0.5) is 13.2 Å². The number of nitrogens with zero attached hydrogens (tertiary/aromatic N) is 1. The van der Waals surface area contributed by atoms with E-state index in [-0.39, 0.29) is 22.0 Å². The van der Waals surface area contributed by atoms with E-state index >= 15 is 0 Å². The molecule has 1 aromatic heterocycles. The largest absolute Gasteiger partial charge is 0.455 e. The molecular formula is C19H12Cl2F3NO2. The molecule has 0 spiro atoms. The van der Waals surface area contributed by atoms with Crippen LogP contribution < -0.4 is 4.74 Å². The smallest absolute Gasteiger partial charge is 0.418 e. The number of aromatic nitrogens is 1. The SMILES string of the molecule is O[C@@H](c1ccc(Cl)cc1Cl)c1ncc(C(F)(F)F)cc1Oc1ccccc1. The second kappa shape index (κ2) is 7.76. The summed E-state index contributed by atoms with van der Waals surface area (Å²) in [6.45, 7) is 0. The van der Waals surface area contributed by atoms with Gasteiger partial charge in [0.1, 0.15) is 17.5 Å². The summed E-state index contributed by atoms with van der Waals surface area (Å²) in [5.74, 6) is 0.0730. The maximum atomic E-state index is 13.1. The average Bonchev–Trinajstić information content (AvgIpc) is 2.61. The monoisotopic (exact) mass is 413 g/mol. The summed E-state index contributed by atoms with van der Waals surface area (Å²) in [4.78, 5) is 3.79. The minimum atomic E-state index is -4.61. The molecule has 0 saturated heterocycles. The van der Waals surface area contributed by atoms with Crippen LogP contribution in [-0.4, -0.2) is 10.1 Å². The van der Waals surface area contributed by atoms with Gasteiger partial charge in [0.05, 0.1) is 5.56 Å². The lowest BCUT2D eigenvalue weighted by molar-refractivity contribution is -0.138. The first kappa shape index (κ1) is 19.5. The van der Waals surface area contributed by atoms with E-state index in [1.165, 1.54) is 18.2 Å². The standard InChI is InChI=1S/C19H12Cl2F3NO2/c20-12-6-7-14(15(21)9-12)18(26)17-16(27-13-4-2-1-3-5-13)8-11(10-25-17)19(22,23)24/h1-10,18,26H/t18-/m0/s1. The Morgan fingerprint density at radius 1 is 1.00 bits per heavy atom. The zero-order valence-electron chi connectivity index (χ0n) is 13.5. The molecule has 1 N–H and O–H groups in total. The molecule has 8 heteroatoms. The van der Waals surface area contributed by atoms with E-state index in [0.29, 0.717) is 17.0 Å². The summed E-state index contributed by atoms with van der Waals surface area (Å²) in [5.41, 5.74) is -0.853. The molecular weight excluding hydrogens is 402 g/mol. The van der Waals surface area contributed by atoms with Crippen LogP contribution >= 0.6 is 23.2 Å². The summed E-state index contributed by atoms with van der Waals surface area (Å²) in [6.07, 6.45) is -5.38. The van der Waals surface area contributed by atoms with Gasteiger partial charge in [0.2, 0.25) is 0 Å². The van der Waals surface area contributed by atoms with E-state index in [4.69, 9.17) is 27.9 Å². The van der Waals surface area contributed by atoms with Crippen molar-refractivity contribution in [1.29, 1.82) is 0 Å². The summed E-state index contributed by atoms with van der Waals surface area (Å²) < 4.78 is 44.8. The highest BCUT2D eigenvalue weighted by atomic mass is 35.5. The van der Waals surface area contributed by atoms with Crippen molar-refractivity contribution in [3.63, 3.8) is 0 Å². The van der Waals surface area contributed by atoms with Crippen LogP contribution in [0.5, 0.6) is 11.5 Å². The third-order valence-electron chi connectivity index (χ3n) is 3.70. The highest BCUT2D eigenvalue weighted by Crippen LogP contribution is 2.38. The van der Waals surface area contributed by atoms with Gasteiger partial charge < -0.3 is 9.84 Å². The van der Waals surface area contributed by atoms with Gasteiger partial charge in [0, 0.05) is 21.8 Å². The molecule has 3 rings (SSSR count). The lowest BCUT2D eigenvalue weighted by Gasteiger charge is -2.18. The highest BCUT2D eigenvalue weighted by molar-refractivity contribution is 6.35. The van der Waals surface area contributed by atoms with Gasteiger partial charge in [0.25, 0.3) is 0 Å². The minimum Gasteiger partial charge on any atom is -0.455 e. The fourth-order valence-corrected chi connectivity index (χ4v) is 2.90. The highest BCUT2D eigenvalue weighted by Gasteiger charge is 2.33. The fourth-order valence-electron chi connectivity index (χ4n) is 2.38. The van der Waals surface area contributed by atoms with E-state index < -0.39 is 17.8 Å². The van der Waals surface area contributed by atoms with E-state index in [2.05, 4.69) is 4.98 Å². The van der Waals surface area contributed by atoms with Gasteiger partial charge in [0.15, 0.2) is 5.75 Å². The van der Waals surface area contributed by atoms with Crippen LogP contribution in [0.2, 0.25) is 10.0 Å². The minimum absolute atomic E-state index is 0.101. The van der Waals surface area contributed by atoms with Crippen LogP contribution in [0.1, 0.15) is 22.9 Å². The van der Waals surface area contributed by atoms with E-state index in [1.807, 2.05) is 0 Å². The number of pyridine rings is 1. The first-order chi connectivity index (χ1) is 12.8. The molecule has 2 aromatic carbocycles. The van der Waals surface area contributed by atoms with Gasteiger partial charge in [-0.05, 0) is 30.3 Å². The van der Waals surface area contributed by atoms with Crippen molar-refractivity contribution in [2.75, 3.05) is 0 Å². The molecule has 0 aliphatic heterocycles. The van der Waals surface area contributed by atoms with E-state index in [9.17, 15) is 18.3 Å². The van der Waals surface area contributed by atoms with Gasteiger partial charge in [-0.15, -0.1) is 0 Å². The number of hydrogen-bond acceptors (Lipinski definition) is 3. The lowest BCUT2D eigenvalue weighted by atomic mass is 10.0. The molecule has 0 aliphatic rings. The van der Waals surface area contributed by atoms with Crippen LogP contribution in [0.15, 0.2) is 60.8 Å². The maximum absolute atomic E-state index is 13.1. The van der Waals surface area contributed by atoms with E-state index in [0.717, 1.165) is 6.07 Å². The Bertz CT molecular complexity index is 949. The lowest BCUT2D eigenvalue weighted by Crippen LogP contribution is -2.10. The maximum Gasteiger partial charge on any atom is 0.418 e. The summed E-state index contributed by atoms with van der Waals surface area (Å²) in [7, 11) is 0. The molecule has 1 atom stereocenters. The van der Waals surface area contributed by atoms with Crippen LogP contribution in [0.25, 0.3) is 0 Å². The molecule has 0 fully saturated rings. The molecule has 3 aromatic rings. The number of hydrogen-bond donors (Lipinski definition) is 1. The zero-order chi connectivity index (χ0) is 19.6. The predicted molar refractivity (Wildman–Crippen MR) is 96.3 cm³/mol. The van der Waals surface area contributed by atoms with Gasteiger partial charge in [-0.3, -0.25) is 4.98 Å². The summed E-state index contributed by atoms with van der Waals surface area (Å²) >= 11 is 11.9. The Balaban J connectivity index is 2.07. The van der Waals surface area contributed by atoms with Crippen molar-refractivity contribution in [3.8, 4) is 11.5 Å². The molecule has 3 nitrogen and oxygen atoms in total. The number of halogens is 5. The van der Waals surface area contributed by atoms with Crippen molar-refractivity contribution < 1.29 is 23.0 Å². The summed E-state index contributed by atoms with van der Waals surface area (Å²) in [5, 5.41) is 11.2. The van der Waals surface area contributed by atoms with Crippen LogP contribution in [-0.2, 0) is 6.18 Å². The third-order valence-corrected chi connectivity index (χ3v) is 4.26. The number of aliphatic hydroxyl groups is 1. The fraction of sp³-hybridized carbons (Fsp3) is 0.105. The van der Waals surface area contributed by atoms with Crippen molar-refractivity contribution in [1.82, 2.24) is 4.98 Å². The van der Waals surface area contributed by atoms with Crippen LogP contribution in [0, 0.1) is 0 Å². The third kappa shape index (κ3) is 4.53. The molecule has 0 aliphatic carbocycles. The summed E-state index contributed by atoms with van der Waals surface area (Å²) in [6, 6.07) is 13.4. The Morgan fingerprint density at radius 2 is 1.70 bits per heavy atom. The Morgan fingerprint density at radius 3 is 2.33 bits per heavy atom. The zero-order valence-corrected chi connectivity index (χ0v) is 15.1. The van der Waals surface area contributed by atoms with Crippen molar-refractivity contribution >= 4 is 23.2 Å². The molecule has 0 radical (unpaired) electrons. The number of aliphatic hydroxyl groups excluding tert-OH is 1. The molecule has 27 heavy (non-hydrogen) atoms. The number of ether oxygens (including phenoxy) is 1. The van der Waals surface area contributed by atoms with Crippen molar-refractivity contribution in [3.05, 3.63) is 87.7 Å². The molecule has 0 unspecified atom stereocenters. The molecule has 140 valence electrons. The molecule has 0 amide bonds. The van der Waals surface area contributed by atoms with Gasteiger partial charge in [-0.1, -0.05) is 47.5 Å². The normalized spacial score (nSPS) is 12.7. The van der Waals surface area contributed by atoms with Crippen molar-refractivity contribution in [2.45, 2.75) is 12.3 Å². The molecule has 0 bridgehead atoms. The molecule has 0 saturated carbocycles. The number of rotatable bonds is 4.